The molecule has 1 rings (SSSR count). The molecule has 0 radical (unpaired) electrons. The van der Waals surface area contributed by atoms with Crippen LogP contribution in [0.25, 0.3) is 0 Å². The van der Waals surface area contributed by atoms with Crippen LogP contribution < -0.4 is 5.32 Å². The molecule has 0 bridgehead atoms. The quantitative estimate of drug-likeness (QED) is 0.239. The van der Waals surface area contributed by atoms with Crippen molar-refractivity contribution >= 4 is 21.5 Å². The molecular formula is C10H6N4O6S. The number of hydrogen-bond acceptors (Lipinski definition) is 8. The van der Waals surface area contributed by atoms with Gasteiger partial charge in [0.1, 0.15) is 22.6 Å². The van der Waals surface area contributed by atoms with Gasteiger partial charge in [-0.15, -0.1) is 0 Å². The van der Waals surface area contributed by atoms with E-state index >= 15 is 0 Å². The molecule has 0 heterocycles. The predicted octanol–water partition coefficient (Wildman–Crippen LogP) is 0.890. The van der Waals surface area contributed by atoms with E-state index in [0.717, 1.165) is 6.20 Å². The average molecular weight is 310 g/mol. The fourth-order valence-corrected chi connectivity index (χ4v) is 1.76. The number of nitro groups is 1. The van der Waals surface area contributed by atoms with Gasteiger partial charge in [0, 0.05) is 12.3 Å². The molecule has 0 atom stereocenters. The monoisotopic (exact) mass is 310 g/mol. The number of anilines is 1. The van der Waals surface area contributed by atoms with Crippen molar-refractivity contribution in [2.45, 2.75) is 4.90 Å². The fourth-order valence-electron chi connectivity index (χ4n) is 1.23. The maximum Gasteiger partial charge on any atom is 0.314 e. The van der Waals surface area contributed by atoms with Crippen LogP contribution in [0.1, 0.15) is 0 Å². The summed E-state index contributed by atoms with van der Waals surface area (Å²) in [6.07, 6.45) is 0.812. The maximum absolute atomic E-state index is 11.0. The third-order valence-corrected chi connectivity index (χ3v) is 3.00. The summed E-state index contributed by atoms with van der Waals surface area (Å²) in [5.74, 6) is -0.918. The second kappa shape index (κ2) is 5.87. The third kappa shape index (κ3) is 3.66. The molecule has 10 nitrogen and oxygen atoms in total. The van der Waals surface area contributed by atoms with Gasteiger partial charge in [0.2, 0.25) is 5.75 Å². The van der Waals surface area contributed by atoms with E-state index in [0.29, 0.717) is 12.1 Å². The van der Waals surface area contributed by atoms with Crippen molar-refractivity contribution in [3.8, 4) is 17.9 Å². The summed E-state index contributed by atoms with van der Waals surface area (Å²) in [6, 6.07) is 4.13. The minimum Gasteiger partial charge on any atom is -0.501 e. The lowest BCUT2D eigenvalue weighted by Crippen LogP contribution is -2.02. The molecule has 0 fully saturated rings. The van der Waals surface area contributed by atoms with Crippen LogP contribution in [0.3, 0.4) is 0 Å². The molecule has 0 aromatic heterocycles. The topological polar surface area (TPSA) is 177 Å². The molecule has 0 aliphatic carbocycles. The zero-order chi connectivity index (χ0) is 16.2. The van der Waals surface area contributed by atoms with E-state index in [9.17, 15) is 23.6 Å². The lowest BCUT2D eigenvalue weighted by molar-refractivity contribution is -0.386. The highest BCUT2D eigenvalue weighted by Crippen LogP contribution is 2.36. The van der Waals surface area contributed by atoms with Crippen LogP contribution in [-0.2, 0) is 10.1 Å². The van der Waals surface area contributed by atoms with Gasteiger partial charge in [-0.25, -0.2) is 0 Å². The van der Waals surface area contributed by atoms with Crippen LogP contribution in [0.4, 0.5) is 11.4 Å². The highest BCUT2D eigenvalue weighted by molar-refractivity contribution is 7.85. The van der Waals surface area contributed by atoms with Gasteiger partial charge in [0.15, 0.2) is 0 Å². The first-order chi connectivity index (χ1) is 9.70. The van der Waals surface area contributed by atoms with Gasteiger partial charge in [-0.1, -0.05) is 0 Å². The van der Waals surface area contributed by atoms with Gasteiger partial charge in [0.05, 0.1) is 10.6 Å². The molecule has 0 saturated carbocycles. The Bertz CT molecular complexity index is 799. The number of nitrogens with zero attached hydrogens (tertiary/aromatic N) is 3. The van der Waals surface area contributed by atoms with Crippen LogP contribution >= 0.6 is 0 Å². The first-order valence-corrected chi connectivity index (χ1v) is 6.40. The van der Waals surface area contributed by atoms with Crippen molar-refractivity contribution < 1.29 is 23.0 Å². The zero-order valence-electron chi connectivity index (χ0n) is 10.0. The SMILES string of the molecule is N#CC(C#N)=CNc1cc(S(=O)(=O)O)cc([N+](=O)[O-])c1O. The van der Waals surface area contributed by atoms with Gasteiger partial charge in [-0.3, -0.25) is 14.7 Å². The Kier molecular flexibility index (Phi) is 4.45. The van der Waals surface area contributed by atoms with E-state index in [1.165, 1.54) is 12.1 Å². The predicted molar refractivity (Wildman–Crippen MR) is 67.5 cm³/mol. The smallest absolute Gasteiger partial charge is 0.314 e. The van der Waals surface area contributed by atoms with E-state index in [1.54, 1.807) is 0 Å². The molecule has 21 heavy (non-hydrogen) atoms. The molecule has 0 amide bonds. The number of benzene rings is 1. The molecule has 0 spiro atoms. The summed E-state index contributed by atoms with van der Waals surface area (Å²) in [5.41, 5.74) is -1.87. The van der Waals surface area contributed by atoms with E-state index < -0.39 is 42.6 Å². The summed E-state index contributed by atoms with van der Waals surface area (Å²) in [6.45, 7) is 0. The summed E-state index contributed by atoms with van der Waals surface area (Å²) in [4.78, 5) is 8.83. The second-order valence-electron chi connectivity index (χ2n) is 3.50. The van der Waals surface area contributed by atoms with Crippen molar-refractivity contribution in [1.29, 1.82) is 10.5 Å². The van der Waals surface area contributed by atoms with Crippen LogP contribution in [-0.4, -0.2) is 23.0 Å². The molecular weight excluding hydrogens is 304 g/mol. The third-order valence-electron chi connectivity index (χ3n) is 2.17. The van der Waals surface area contributed by atoms with Gasteiger partial charge >= 0.3 is 5.69 Å². The number of allylic oxidation sites excluding steroid dienone is 1. The van der Waals surface area contributed by atoms with Crippen LogP contribution in [0, 0.1) is 32.8 Å². The van der Waals surface area contributed by atoms with E-state index in [-0.39, 0.29) is 0 Å². The van der Waals surface area contributed by atoms with Gasteiger partial charge < -0.3 is 10.4 Å². The number of phenolic OH excluding ortho intramolecular Hbond substituents is 1. The number of nitro benzene ring substituents is 1. The number of nitriles is 2. The molecule has 1 aromatic rings. The number of aromatic hydroxyl groups is 1. The van der Waals surface area contributed by atoms with E-state index in [2.05, 4.69) is 5.32 Å². The van der Waals surface area contributed by atoms with Gasteiger partial charge in [-0.05, 0) is 6.07 Å². The average Bonchev–Trinajstić information content (AvgIpc) is 2.39. The fraction of sp³-hybridized carbons (Fsp3) is 0. The highest BCUT2D eigenvalue weighted by Gasteiger charge is 2.23. The number of nitrogens with one attached hydrogen (secondary N) is 1. The summed E-state index contributed by atoms with van der Waals surface area (Å²) in [5, 5.41) is 39.6. The second-order valence-corrected chi connectivity index (χ2v) is 4.92. The standard InChI is InChI=1S/C10H6N4O6S/c11-3-6(4-12)5-13-8-1-7(21(18,19)20)2-9(10(8)15)14(16)17/h1-2,5,13,15H,(H,18,19,20). The van der Waals surface area contributed by atoms with Gasteiger partial charge in [0.25, 0.3) is 10.1 Å². The molecule has 108 valence electrons. The summed E-state index contributed by atoms with van der Waals surface area (Å²) in [7, 11) is -4.75. The van der Waals surface area contributed by atoms with Crippen LogP contribution in [0.2, 0.25) is 0 Å². The van der Waals surface area contributed by atoms with Crippen LogP contribution in [0.15, 0.2) is 28.8 Å². The summed E-state index contributed by atoms with van der Waals surface area (Å²) < 4.78 is 31.0. The molecule has 0 aliphatic heterocycles. The van der Waals surface area contributed by atoms with Crippen molar-refractivity contribution in [2.24, 2.45) is 0 Å². The van der Waals surface area contributed by atoms with E-state index in [1.807, 2.05) is 0 Å². The Labute approximate surface area is 118 Å². The van der Waals surface area contributed by atoms with Crippen molar-refractivity contribution in [3.63, 3.8) is 0 Å². The Morgan fingerprint density at radius 2 is 1.95 bits per heavy atom. The number of rotatable bonds is 4. The minimum atomic E-state index is -4.75. The Morgan fingerprint density at radius 3 is 2.38 bits per heavy atom. The first kappa shape index (κ1) is 15.9. The Morgan fingerprint density at radius 1 is 1.38 bits per heavy atom. The molecule has 3 N–H and O–H groups in total. The molecule has 11 heteroatoms. The molecule has 0 unspecified atom stereocenters. The van der Waals surface area contributed by atoms with Crippen molar-refractivity contribution in [3.05, 3.63) is 34.0 Å². The number of hydrogen-bond donors (Lipinski definition) is 3. The highest BCUT2D eigenvalue weighted by atomic mass is 32.2. The zero-order valence-corrected chi connectivity index (χ0v) is 10.8. The first-order valence-electron chi connectivity index (χ1n) is 4.96. The lowest BCUT2D eigenvalue weighted by Gasteiger charge is -2.07. The largest absolute Gasteiger partial charge is 0.501 e. The Hall–Kier alpha value is -3.15. The normalized spacial score (nSPS) is 10.0. The molecule has 0 aliphatic rings. The maximum atomic E-state index is 11.0. The van der Waals surface area contributed by atoms with Crippen molar-refractivity contribution in [1.82, 2.24) is 0 Å². The number of phenols is 1. The Balaban J connectivity index is 3.49. The van der Waals surface area contributed by atoms with Crippen molar-refractivity contribution in [2.75, 3.05) is 5.32 Å². The minimum absolute atomic E-state index is 0.422. The van der Waals surface area contributed by atoms with E-state index in [4.69, 9.17) is 15.1 Å². The van der Waals surface area contributed by atoms with Crippen LogP contribution in [0.5, 0.6) is 5.75 Å². The molecule has 0 saturated heterocycles. The lowest BCUT2D eigenvalue weighted by atomic mass is 10.2. The summed E-state index contributed by atoms with van der Waals surface area (Å²) >= 11 is 0. The molecule has 1 aromatic carbocycles. The van der Waals surface area contributed by atoms with Gasteiger partial charge in [-0.2, -0.15) is 18.9 Å².